The van der Waals surface area contributed by atoms with Crippen molar-refractivity contribution in [3.05, 3.63) is 62.9 Å². The number of aliphatic carboxylic acids is 1. The number of carboxylic acid groups (broad SMARTS) is 1. The minimum absolute atomic E-state index is 0.00745. The molecule has 0 spiro atoms. The Morgan fingerprint density at radius 2 is 1.64 bits per heavy atom. The van der Waals surface area contributed by atoms with Crippen molar-refractivity contribution in [2.45, 2.75) is 63.2 Å². The molecule has 0 bridgehead atoms. The normalized spacial score (nSPS) is 22.8. The Balaban J connectivity index is 1.26. The van der Waals surface area contributed by atoms with Crippen molar-refractivity contribution in [1.82, 2.24) is 9.80 Å². The van der Waals surface area contributed by atoms with E-state index < -0.39 is 36.0 Å². The maximum absolute atomic E-state index is 15.3. The number of ether oxygens (including phenoxy) is 1. The fourth-order valence-corrected chi connectivity index (χ4v) is 6.75. The maximum atomic E-state index is 15.3. The molecule has 1 aliphatic carbocycles. The summed E-state index contributed by atoms with van der Waals surface area (Å²) in [6.07, 6.45) is -1.39. The number of amides is 1. The van der Waals surface area contributed by atoms with Crippen LogP contribution < -0.4 is 4.74 Å². The molecule has 1 amide bonds. The average molecular weight is 631 g/mol. The first-order chi connectivity index (χ1) is 19.8. The van der Waals surface area contributed by atoms with Gasteiger partial charge in [0, 0.05) is 22.7 Å². The van der Waals surface area contributed by atoms with E-state index in [1.54, 1.807) is 6.92 Å². The van der Waals surface area contributed by atoms with Crippen LogP contribution in [0.3, 0.4) is 0 Å². The smallest absolute Gasteiger partial charge is 0.408 e. The third-order valence-electron chi connectivity index (χ3n) is 8.56. The third-order valence-corrected chi connectivity index (χ3v) is 9.00. The number of piperidine rings is 1. The Hall–Kier alpha value is -2.56. The molecule has 0 unspecified atom stereocenters. The molecule has 42 heavy (non-hydrogen) atoms. The van der Waals surface area contributed by atoms with Gasteiger partial charge in [-0.15, -0.1) is 0 Å². The third kappa shape index (κ3) is 6.65. The number of rotatable bonds is 8. The lowest BCUT2D eigenvalue weighted by Crippen LogP contribution is -2.44. The molecular weight excluding hydrogens is 599 g/mol. The minimum atomic E-state index is -4.52. The van der Waals surface area contributed by atoms with Crippen molar-refractivity contribution in [3.63, 3.8) is 0 Å². The number of likely N-dealkylation sites (tertiary alicyclic amines) is 2. The molecule has 2 aromatic rings. The van der Waals surface area contributed by atoms with Crippen molar-refractivity contribution in [3.8, 4) is 5.75 Å². The average Bonchev–Trinajstić information content (AvgIpc) is 3.67. The van der Waals surface area contributed by atoms with Gasteiger partial charge in [-0.2, -0.15) is 13.2 Å². The summed E-state index contributed by atoms with van der Waals surface area (Å²) in [5, 5.41) is 9.87. The largest absolute Gasteiger partial charge is 0.493 e. The predicted molar refractivity (Wildman–Crippen MR) is 150 cm³/mol. The van der Waals surface area contributed by atoms with Crippen molar-refractivity contribution in [2.75, 3.05) is 26.2 Å². The van der Waals surface area contributed by atoms with E-state index in [0.29, 0.717) is 30.6 Å². The van der Waals surface area contributed by atoms with Gasteiger partial charge in [-0.25, -0.2) is 9.18 Å². The molecule has 6 nitrogen and oxygen atoms in total. The van der Waals surface area contributed by atoms with Crippen LogP contribution in [0, 0.1) is 17.7 Å². The lowest BCUT2D eigenvalue weighted by Gasteiger charge is -2.38. The van der Waals surface area contributed by atoms with Crippen molar-refractivity contribution < 1.29 is 37.0 Å². The van der Waals surface area contributed by atoms with Crippen LogP contribution in [-0.2, 0) is 4.79 Å². The Morgan fingerprint density at radius 1 is 1.00 bits per heavy atom. The van der Waals surface area contributed by atoms with E-state index in [9.17, 15) is 27.9 Å². The SMILES string of the molecule is C[C@H]1CCN(C(=O)c2cc(C3CC3)c(OCC3CCN([C@@H](c4cc(Cl)cc(Cl)c4)C(F)(F)F)CC3)cc2F)[C@@H]1C(=O)O. The van der Waals surface area contributed by atoms with Crippen LogP contribution >= 0.6 is 23.2 Å². The van der Waals surface area contributed by atoms with Crippen LogP contribution in [0.1, 0.15) is 72.5 Å². The second-order valence-electron chi connectivity index (χ2n) is 11.6. The van der Waals surface area contributed by atoms with Gasteiger partial charge in [-0.3, -0.25) is 9.69 Å². The molecule has 2 heterocycles. The van der Waals surface area contributed by atoms with Crippen LogP contribution in [-0.4, -0.2) is 65.2 Å². The van der Waals surface area contributed by atoms with Crippen molar-refractivity contribution in [2.24, 2.45) is 11.8 Å². The van der Waals surface area contributed by atoms with E-state index in [4.69, 9.17) is 27.9 Å². The summed E-state index contributed by atoms with van der Waals surface area (Å²) in [4.78, 5) is 27.6. The van der Waals surface area contributed by atoms with Gasteiger partial charge in [0.15, 0.2) is 0 Å². The Bertz CT molecular complexity index is 1330. The number of carboxylic acids is 1. The van der Waals surface area contributed by atoms with Gasteiger partial charge in [0.2, 0.25) is 0 Å². The number of carbonyl (C=O) groups excluding carboxylic acids is 1. The summed E-state index contributed by atoms with van der Waals surface area (Å²) in [6, 6.07) is 3.80. The Labute approximate surface area is 251 Å². The first kappa shape index (κ1) is 30.9. The summed E-state index contributed by atoms with van der Waals surface area (Å²) < 4.78 is 63.6. The quantitative estimate of drug-likeness (QED) is 0.309. The van der Waals surface area contributed by atoms with Crippen molar-refractivity contribution in [1.29, 1.82) is 0 Å². The highest BCUT2D eigenvalue weighted by molar-refractivity contribution is 6.34. The number of alkyl halides is 3. The molecule has 0 aromatic heterocycles. The molecule has 2 aromatic carbocycles. The van der Waals surface area contributed by atoms with Gasteiger partial charge in [-0.05, 0) is 98.3 Å². The van der Waals surface area contributed by atoms with E-state index in [1.807, 2.05) is 0 Å². The number of hydrogen-bond donors (Lipinski definition) is 1. The Kier molecular flexibility index (Phi) is 8.98. The van der Waals surface area contributed by atoms with Crippen molar-refractivity contribution >= 4 is 35.1 Å². The predicted octanol–water partition coefficient (Wildman–Crippen LogP) is 7.34. The zero-order valence-corrected chi connectivity index (χ0v) is 24.5. The van der Waals surface area contributed by atoms with Gasteiger partial charge in [0.05, 0.1) is 12.2 Å². The number of halogens is 6. The standard InChI is InChI=1S/C30H32Cl2F4N2O4/c1-16-4-9-38(26(16)29(40)41)28(39)23-13-22(18-2-3-18)25(14-24(23)33)42-15-17-5-7-37(8-6-17)27(30(34,35)36)19-10-20(31)12-21(32)11-19/h10-14,16-18,26-27H,2-9,15H2,1H3,(H,40,41)/t16-,26-,27-/m0/s1. The van der Waals surface area contributed by atoms with E-state index in [0.717, 1.165) is 12.8 Å². The zero-order chi connectivity index (χ0) is 30.3. The molecule has 2 aliphatic heterocycles. The van der Waals surface area contributed by atoms with E-state index in [1.165, 1.54) is 40.1 Å². The monoisotopic (exact) mass is 630 g/mol. The number of carbonyl (C=O) groups is 2. The molecule has 1 saturated carbocycles. The summed E-state index contributed by atoms with van der Waals surface area (Å²) in [6.45, 7) is 2.56. The molecule has 12 heteroatoms. The summed E-state index contributed by atoms with van der Waals surface area (Å²) in [5.74, 6) is -2.39. The Morgan fingerprint density at radius 3 is 2.21 bits per heavy atom. The van der Waals surface area contributed by atoms with Crippen LogP contribution in [0.4, 0.5) is 17.6 Å². The lowest BCUT2D eigenvalue weighted by atomic mass is 9.94. The second kappa shape index (κ2) is 12.2. The minimum Gasteiger partial charge on any atom is -0.493 e. The van der Waals surface area contributed by atoms with E-state index >= 15 is 4.39 Å². The lowest BCUT2D eigenvalue weighted by molar-refractivity contribution is -0.190. The first-order valence-electron chi connectivity index (χ1n) is 14.1. The first-order valence-corrected chi connectivity index (χ1v) is 14.9. The number of benzene rings is 2. The summed E-state index contributed by atoms with van der Waals surface area (Å²) in [5.41, 5.74) is 0.524. The topological polar surface area (TPSA) is 70.1 Å². The maximum Gasteiger partial charge on any atom is 0.408 e. The van der Waals surface area contributed by atoms with Crippen LogP contribution in [0.5, 0.6) is 5.75 Å². The fraction of sp³-hybridized carbons (Fsp3) is 0.533. The van der Waals surface area contributed by atoms with Crippen LogP contribution in [0.15, 0.2) is 30.3 Å². The van der Waals surface area contributed by atoms with Gasteiger partial charge in [0.25, 0.3) is 5.91 Å². The van der Waals surface area contributed by atoms with Gasteiger partial charge in [0.1, 0.15) is 23.7 Å². The molecule has 2 saturated heterocycles. The number of hydrogen-bond acceptors (Lipinski definition) is 4. The zero-order valence-electron chi connectivity index (χ0n) is 23.0. The van der Waals surface area contributed by atoms with E-state index in [2.05, 4.69) is 0 Å². The molecule has 0 radical (unpaired) electrons. The highest BCUT2D eigenvalue weighted by atomic mass is 35.5. The number of nitrogens with zero attached hydrogens (tertiary/aromatic N) is 2. The van der Waals surface area contributed by atoms with Gasteiger partial charge >= 0.3 is 12.1 Å². The molecule has 228 valence electrons. The van der Waals surface area contributed by atoms with Gasteiger partial charge < -0.3 is 14.7 Å². The summed E-state index contributed by atoms with van der Waals surface area (Å²) >= 11 is 12.0. The molecule has 3 fully saturated rings. The molecule has 3 atom stereocenters. The molecule has 3 aliphatic rings. The molecule has 5 rings (SSSR count). The fourth-order valence-electron chi connectivity index (χ4n) is 6.21. The van der Waals surface area contributed by atoms with E-state index in [-0.39, 0.29) is 65.2 Å². The van der Waals surface area contributed by atoms with Crippen LogP contribution in [0.2, 0.25) is 10.0 Å². The van der Waals surface area contributed by atoms with Gasteiger partial charge in [-0.1, -0.05) is 30.1 Å². The highest BCUT2D eigenvalue weighted by Crippen LogP contribution is 2.46. The highest BCUT2D eigenvalue weighted by Gasteiger charge is 2.46. The molecule has 1 N–H and O–H groups in total. The van der Waals surface area contributed by atoms with Crippen LogP contribution in [0.25, 0.3) is 0 Å². The molecular formula is C30H32Cl2F4N2O4. The summed E-state index contributed by atoms with van der Waals surface area (Å²) in [7, 11) is 0. The second-order valence-corrected chi connectivity index (χ2v) is 12.5.